The zero-order valence-corrected chi connectivity index (χ0v) is 12.9. The van der Waals surface area contributed by atoms with Gasteiger partial charge in [-0.3, -0.25) is 0 Å². The Morgan fingerprint density at radius 3 is 2.53 bits per heavy atom. The van der Waals surface area contributed by atoms with E-state index in [9.17, 15) is 4.39 Å². The molecule has 100 valence electrons. The Labute approximate surface area is 125 Å². The van der Waals surface area contributed by atoms with Gasteiger partial charge in [-0.05, 0) is 36.8 Å². The number of hydrogen-bond acceptors (Lipinski definition) is 2. The van der Waals surface area contributed by atoms with Crippen LogP contribution in [0.25, 0.3) is 0 Å². The van der Waals surface area contributed by atoms with Crippen LogP contribution in [0.2, 0.25) is 0 Å². The van der Waals surface area contributed by atoms with Crippen LogP contribution in [0.15, 0.2) is 57.9 Å². The van der Waals surface area contributed by atoms with Crippen LogP contribution in [0.4, 0.5) is 4.39 Å². The molecule has 2 N–H and O–H groups in total. The van der Waals surface area contributed by atoms with Gasteiger partial charge in [-0.25, -0.2) is 4.39 Å². The minimum Gasteiger partial charge on any atom is -0.327 e. The Balaban J connectivity index is 2.29. The summed E-state index contributed by atoms with van der Waals surface area (Å²) in [6, 6.07) is 14.7. The molecule has 2 aromatic rings. The largest absolute Gasteiger partial charge is 0.327 e. The van der Waals surface area contributed by atoms with Gasteiger partial charge in [-0.1, -0.05) is 40.2 Å². The van der Waals surface area contributed by atoms with E-state index in [1.807, 2.05) is 37.3 Å². The number of nitrogens with two attached hydrogens (primary N) is 1. The zero-order valence-electron chi connectivity index (χ0n) is 10.5. The van der Waals surface area contributed by atoms with Crippen LogP contribution in [-0.2, 0) is 0 Å². The fourth-order valence-corrected chi connectivity index (χ4v) is 3.37. The van der Waals surface area contributed by atoms with Crippen LogP contribution in [0, 0.1) is 5.82 Å². The fraction of sp³-hybridized carbons (Fsp3) is 0.200. The van der Waals surface area contributed by atoms with Crippen LogP contribution in [0.3, 0.4) is 0 Å². The monoisotopic (exact) mass is 339 g/mol. The van der Waals surface area contributed by atoms with E-state index in [0.717, 1.165) is 10.0 Å². The number of halogens is 2. The maximum Gasteiger partial charge on any atom is 0.136 e. The third-order valence-corrected chi connectivity index (χ3v) is 4.78. The molecule has 2 atom stereocenters. The van der Waals surface area contributed by atoms with E-state index in [0.29, 0.717) is 4.90 Å². The molecule has 0 amide bonds. The van der Waals surface area contributed by atoms with Gasteiger partial charge in [-0.15, -0.1) is 11.8 Å². The van der Waals surface area contributed by atoms with Crippen molar-refractivity contribution in [2.24, 2.45) is 5.73 Å². The average molecular weight is 340 g/mol. The molecule has 0 aliphatic carbocycles. The van der Waals surface area contributed by atoms with Crippen LogP contribution in [-0.4, -0.2) is 6.04 Å². The smallest absolute Gasteiger partial charge is 0.136 e. The quantitative estimate of drug-likeness (QED) is 0.812. The molecule has 2 aromatic carbocycles. The molecule has 0 fully saturated rings. The van der Waals surface area contributed by atoms with Crippen LogP contribution in [0.5, 0.6) is 0 Å². The summed E-state index contributed by atoms with van der Waals surface area (Å²) in [5, 5.41) is 0.0226. The minimum absolute atomic E-state index is 0.0226. The normalized spacial score (nSPS) is 14.1. The molecule has 0 radical (unpaired) electrons. The van der Waals surface area contributed by atoms with Crippen molar-refractivity contribution < 1.29 is 4.39 Å². The summed E-state index contributed by atoms with van der Waals surface area (Å²) in [7, 11) is 0. The van der Waals surface area contributed by atoms with E-state index < -0.39 is 0 Å². The maximum absolute atomic E-state index is 13.7. The van der Waals surface area contributed by atoms with Gasteiger partial charge in [0.25, 0.3) is 0 Å². The summed E-state index contributed by atoms with van der Waals surface area (Å²) < 4.78 is 14.7. The van der Waals surface area contributed by atoms with E-state index in [-0.39, 0.29) is 17.1 Å². The topological polar surface area (TPSA) is 26.0 Å². The number of benzene rings is 2. The molecule has 0 heterocycles. The number of hydrogen-bond donors (Lipinski definition) is 1. The number of thioether (sulfide) groups is 1. The minimum atomic E-state index is -0.201. The van der Waals surface area contributed by atoms with Gasteiger partial charge >= 0.3 is 0 Å². The molecule has 0 aliphatic heterocycles. The molecular weight excluding hydrogens is 325 g/mol. The molecule has 0 aromatic heterocycles. The third-order valence-electron chi connectivity index (χ3n) is 2.75. The maximum atomic E-state index is 13.7. The van der Waals surface area contributed by atoms with E-state index in [1.165, 1.54) is 17.8 Å². The van der Waals surface area contributed by atoms with Gasteiger partial charge in [0.2, 0.25) is 0 Å². The Hall–Kier alpha value is -0.840. The average Bonchev–Trinajstić information content (AvgIpc) is 2.37. The molecule has 0 aliphatic rings. The van der Waals surface area contributed by atoms with E-state index in [4.69, 9.17) is 5.73 Å². The van der Waals surface area contributed by atoms with Gasteiger partial charge in [0.05, 0.1) is 0 Å². The molecule has 0 saturated carbocycles. The second-order valence-electron chi connectivity index (χ2n) is 4.38. The summed E-state index contributed by atoms with van der Waals surface area (Å²) in [6.07, 6.45) is 0. The van der Waals surface area contributed by atoms with Gasteiger partial charge in [0.15, 0.2) is 0 Å². The highest BCUT2D eigenvalue weighted by molar-refractivity contribution is 9.10. The van der Waals surface area contributed by atoms with Crippen molar-refractivity contribution >= 4 is 27.7 Å². The molecule has 19 heavy (non-hydrogen) atoms. The highest BCUT2D eigenvalue weighted by atomic mass is 79.9. The first kappa shape index (κ1) is 14.6. The summed E-state index contributed by atoms with van der Waals surface area (Å²) in [5.41, 5.74) is 7.15. The molecule has 0 saturated heterocycles. The van der Waals surface area contributed by atoms with Crippen molar-refractivity contribution in [2.45, 2.75) is 23.1 Å². The summed E-state index contributed by atoms with van der Waals surface area (Å²) in [6.45, 7) is 1.94. The van der Waals surface area contributed by atoms with Crippen LogP contribution >= 0.6 is 27.7 Å². The lowest BCUT2D eigenvalue weighted by molar-refractivity contribution is 0.600. The molecular formula is C15H15BrFNS. The molecule has 0 bridgehead atoms. The first-order valence-corrected chi connectivity index (χ1v) is 7.67. The molecule has 2 unspecified atom stereocenters. The van der Waals surface area contributed by atoms with Crippen molar-refractivity contribution in [3.63, 3.8) is 0 Å². The highest BCUT2D eigenvalue weighted by Gasteiger charge is 2.19. The first-order chi connectivity index (χ1) is 9.08. The van der Waals surface area contributed by atoms with Gasteiger partial charge in [-0.2, -0.15) is 0 Å². The standard InChI is InChI=1S/C15H15BrFNS/c1-10(18)15(11-5-4-6-12(16)9-11)19-14-8-3-2-7-13(14)17/h2-10,15H,18H2,1H3. The molecule has 4 heteroatoms. The van der Waals surface area contributed by atoms with Gasteiger partial charge < -0.3 is 5.73 Å². The van der Waals surface area contributed by atoms with E-state index in [2.05, 4.69) is 15.9 Å². The van der Waals surface area contributed by atoms with Gasteiger partial charge in [0.1, 0.15) is 5.82 Å². The van der Waals surface area contributed by atoms with Crippen molar-refractivity contribution in [1.82, 2.24) is 0 Å². The third kappa shape index (κ3) is 3.81. The second kappa shape index (κ2) is 6.55. The number of rotatable bonds is 4. The van der Waals surface area contributed by atoms with E-state index >= 15 is 0 Å². The lowest BCUT2D eigenvalue weighted by Crippen LogP contribution is -2.22. The summed E-state index contributed by atoms with van der Waals surface area (Å²) in [4.78, 5) is 0.629. The summed E-state index contributed by atoms with van der Waals surface area (Å²) in [5.74, 6) is -0.201. The Morgan fingerprint density at radius 1 is 1.16 bits per heavy atom. The zero-order chi connectivity index (χ0) is 13.8. The molecule has 1 nitrogen and oxygen atoms in total. The Bertz CT molecular complexity index is 559. The Morgan fingerprint density at radius 2 is 1.89 bits per heavy atom. The predicted molar refractivity (Wildman–Crippen MR) is 82.8 cm³/mol. The molecule has 0 spiro atoms. The van der Waals surface area contributed by atoms with Crippen molar-refractivity contribution in [3.8, 4) is 0 Å². The van der Waals surface area contributed by atoms with Crippen molar-refractivity contribution in [1.29, 1.82) is 0 Å². The predicted octanol–water partition coefficient (Wildman–Crippen LogP) is 4.77. The van der Waals surface area contributed by atoms with E-state index in [1.54, 1.807) is 12.1 Å². The fourth-order valence-electron chi connectivity index (χ4n) is 1.84. The Kier molecular flexibility index (Phi) is 5.02. The molecule has 2 rings (SSSR count). The van der Waals surface area contributed by atoms with Crippen LogP contribution < -0.4 is 5.73 Å². The summed E-state index contributed by atoms with van der Waals surface area (Å²) >= 11 is 4.92. The van der Waals surface area contributed by atoms with Crippen molar-refractivity contribution in [2.75, 3.05) is 0 Å². The highest BCUT2D eigenvalue weighted by Crippen LogP contribution is 2.38. The van der Waals surface area contributed by atoms with Crippen molar-refractivity contribution in [3.05, 3.63) is 64.4 Å². The van der Waals surface area contributed by atoms with Crippen LogP contribution in [0.1, 0.15) is 17.7 Å². The first-order valence-electron chi connectivity index (χ1n) is 6.00. The lowest BCUT2D eigenvalue weighted by atomic mass is 10.1. The lowest BCUT2D eigenvalue weighted by Gasteiger charge is -2.21. The van der Waals surface area contributed by atoms with Gasteiger partial charge in [0, 0.05) is 20.7 Å². The second-order valence-corrected chi connectivity index (χ2v) is 6.48. The SMILES string of the molecule is CC(N)C(Sc1ccccc1F)c1cccc(Br)c1.